The number of aliphatic hydroxyl groups is 1. The molecular formula is C17H12N4O2. The molecule has 1 aliphatic rings. The third kappa shape index (κ3) is 2.17. The largest absolute Gasteiger partial charge is 0.506 e. The summed E-state index contributed by atoms with van der Waals surface area (Å²) in [4.78, 5) is 19.6. The van der Waals surface area contributed by atoms with Crippen molar-refractivity contribution < 1.29 is 9.90 Å². The molecule has 3 aromatic rings. The quantitative estimate of drug-likeness (QED) is 0.512. The van der Waals surface area contributed by atoms with Crippen molar-refractivity contribution >= 4 is 34.7 Å². The number of para-hydroxylation sites is 2. The van der Waals surface area contributed by atoms with Gasteiger partial charge in [0.1, 0.15) is 5.76 Å². The highest BCUT2D eigenvalue weighted by Crippen LogP contribution is 2.29. The number of aliphatic hydroxyl groups excluding tert-OH is 1. The van der Waals surface area contributed by atoms with Gasteiger partial charge in [-0.3, -0.25) is 4.79 Å². The molecule has 1 heterocycles. The van der Waals surface area contributed by atoms with Gasteiger partial charge in [-0.05, 0) is 12.1 Å². The van der Waals surface area contributed by atoms with Crippen LogP contribution in [0.25, 0.3) is 16.8 Å². The number of Topliss-reactive ketones (excluding diaryl/α,β-unsaturated/α-hetero) is 1. The molecule has 6 heteroatoms. The Morgan fingerprint density at radius 1 is 1.09 bits per heavy atom. The molecule has 0 aliphatic heterocycles. The van der Waals surface area contributed by atoms with Crippen molar-refractivity contribution in [2.45, 2.75) is 0 Å². The average molecular weight is 304 g/mol. The Balaban J connectivity index is 1.58. The number of H-pyrrole nitrogens is 1. The molecule has 23 heavy (non-hydrogen) atoms. The third-order valence-corrected chi connectivity index (χ3v) is 3.68. The Hall–Kier alpha value is -3.41. The van der Waals surface area contributed by atoms with Gasteiger partial charge >= 0.3 is 0 Å². The number of nitrogens with one attached hydrogen (secondary N) is 2. The number of allylic oxidation sites excluding steroid dienone is 1. The minimum Gasteiger partial charge on any atom is -0.506 e. The number of aromatic nitrogens is 2. The molecular weight excluding hydrogens is 292 g/mol. The average Bonchev–Trinajstić information content (AvgIpc) is 3.09. The summed E-state index contributed by atoms with van der Waals surface area (Å²) >= 11 is 0. The Labute approximate surface area is 131 Å². The summed E-state index contributed by atoms with van der Waals surface area (Å²) < 4.78 is 0. The van der Waals surface area contributed by atoms with Gasteiger partial charge < -0.3 is 10.1 Å². The van der Waals surface area contributed by atoms with Crippen LogP contribution in [0.15, 0.2) is 59.2 Å². The van der Waals surface area contributed by atoms with Gasteiger partial charge in [0, 0.05) is 11.1 Å². The molecule has 0 bridgehead atoms. The monoisotopic (exact) mass is 304 g/mol. The van der Waals surface area contributed by atoms with E-state index in [0.29, 0.717) is 17.1 Å². The predicted octanol–water partition coefficient (Wildman–Crippen LogP) is 3.13. The molecule has 3 N–H and O–H groups in total. The van der Waals surface area contributed by atoms with Gasteiger partial charge in [0.15, 0.2) is 5.78 Å². The second-order valence-corrected chi connectivity index (χ2v) is 5.11. The topological polar surface area (TPSA) is 90.4 Å². The number of nitrogens with zero attached hydrogens (tertiary/aromatic N) is 2. The first-order chi connectivity index (χ1) is 11.2. The number of hydrogen-bond acceptors (Lipinski definition) is 5. The highest BCUT2D eigenvalue weighted by molar-refractivity contribution is 6.30. The van der Waals surface area contributed by atoms with Crippen LogP contribution in [-0.4, -0.2) is 27.1 Å². The second kappa shape index (κ2) is 5.10. The number of hydrogen-bond donors (Lipinski definition) is 3. The minimum atomic E-state index is -0.242. The maximum Gasteiger partial charge on any atom is 0.222 e. The molecule has 112 valence electrons. The Bertz CT molecular complexity index is 952. The summed E-state index contributed by atoms with van der Waals surface area (Å²) in [6.45, 7) is 0. The normalized spacial score (nSPS) is 14.0. The van der Waals surface area contributed by atoms with E-state index in [0.717, 1.165) is 11.0 Å². The number of anilines is 1. The summed E-state index contributed by atoms with van der Waals surface area (Å²) in [5, 5.41) is 14.1. The van der Waals surface area contributed by atoms with Crippen LogP contribution in [0.5, 0.6) is 0 Å². The van der Waals surface area contributed by atoms with Crippen LogP contribution in [0.3, 0.4) is 0 Å². The van der Waals surface area contributed by atoms with Crippen LogP contribution >= 0.6 is 0 Å². The van der Waals surface area contributed by atoms with E-state index in [2.05, 4.69) is 20.5 Å². The van der Waals surface area contributed by atoms with Crippen molar-refractivity contribution in [1.82, 2.24) is 9.97 Å². The molecule has 0 spiro atoms. The summed E-state index contributed by atoms with van der Waals surface area (Å²) in [5.41, 5.74) is 5.61. The fourth-order valence-corrected chi connectivity index (χ4v) is 2.57. The number of imidazole rings is 1. The SMILES string of the molecule is O=C1C(/C=N/Nc2nc3ccccc3[nH]2)=C(O)c2ccccc21. The van der Waals surface area contributed by atoms with Crippen molar-refractivity contribution in [1.29, 1.82) is 0 Å². The van der Waals surface area contributed by atoms with Crippen molar-refractivity contribution in [3.63, 3.8) is 0 Å². The standard InChI is InChI=1S/C17H12N4O2/c22-15-10-5-1-2-6-11(10)16(23)12(15)9-18-21-17-19-13-7-3-4-8-14(13)20-17/h1-9,22H,(H2,19,20,21)/b18-9+. The lowest BCUT2D eigenvalue weighted by Crippen LogP contribution is -2.01. The number of rotatable bonds is 3. The van der Waals surface area contributed by atoms with E-state index >= 15 is 0 Å². The molecule has 6 nitrogen and oxygen atoms in total. The highest BCUT2D eigenvalue weighted by Gasteiger charge is 2.27. The molecule has 1 aliphatic carbocycles. The summed E-state index contributed by atoms with van der Waals surface area (Å²) in [7, 11) is 0. The summed E-state index contributed by atoms with van der Waals surface area (Å²) in [5.74, 6) is 0.166. The highest BCUT2D eigenvalue weighted by atomic mass is 16.3. The lowest BCUT2D eigenvalue weighted by atomic mass is 10.1. The third-order valence-electron chi connectivity index (χ3n) is 3.68. The zero-order valence-corrected chi connectivity index (χ0v) is 11.9. The van der Waals surface area contributed by atoms with Crippen molar-refractivity contribution in [3.05, 3.63) is 65.2 Å². The minimum absolute atomic E-state index is 0.0549. The van der Waals surface area contributed by atoms with Crippen molar-refractivity contribution in [2.75, 3.05) is 5.43 Å². The van der Waals surface area contributed by atoms with Crippen LogP contribution in [0.2, 0.25) is 0 Å². The molecule has 0 radical (unpaired) electrons. The fraction of sp³-hybridized carbons (Fsp3) is 0. The van der Waals surface area contributed by atoms with Crippen molar-refractivity contribution in [2.24, 2.45) is 5.10 Å². The van der Waals surface area contributed by atoms with E-state index in [1.807, 2.05) is 24.3 Å². The number of hydrazone groups is 1. The Kier molecular flexibility index (Phi) is 2.94. The number of fused-ring (bicyclic) bond motifs is 2. The van der Waals surface area contributed by atoms with E-state index in [4.69, 9.17) is 0 Å². The zero-order chi connectivity index (χ0) is 15.8. The Morgan fingerprint density at radius 2 is 1.83 bits per heavy atom. The number of ketones is 1. The number of aromatic amines is 1. The molecule has 0 saturated carbocycles. The molecule has 4 rings (SSSR count). The van der Waals surface area contributed by atoms with E-state index in [1.165, 1.54) is 6.21 Å². The lowest BCUT2D eigenvalue weighted by Gasteiger charge is -1.95. The first-order valence-corrected chi connectivity index (χ1v) is 7.05. The zero-order valence-electron chi connectivity index (χ0n) is 11.9. The lowest BCUT2D eigenvalue weighted by molar-refractivity contribution is 0.104. The molecule has 0 unspecified atom stereocenters. The van der Waals surface area contributed by atoms with Gasteiger partial charge in [0.05, 0.1) is 22.8 Å². The Morgan fingerprint density at radius 3 is 2.61 bits per heavy atom. The van der Waals surface area contributed by atoms with Crippen LogP contribution < -0.4 is 5.43 Å². The van der Waals surface area contributed by atoms with Gasteiger partial charge in [0.25, 0.3) is 0 Å². The van der Waals surface area contributed by atoms with Gasteiger partial charge in [-0.25, -0.2) is 10.4 Å². The number of carbonyl (C=O) groups is 1. The first-order valence-electron chi connectivity index (χ1n) is 7.05. The summed E-state index contributed by atoms with van der Waals surface area (Å²) in [6.07, 6.45) is 1.31. The van der Waals surface area contributed by atoms with Gasteiger partial charge in [-0.2, -0.15) is 5.10 Å². The molecule has 0 amide bonds. The molecule has 0 atom stereocenters. The summed E-state index contributed by atoms with van der Waals surface area (Å²) in [6, 6.07) is 14.5. The smallest absolute Gasteiger partial charge is 0.222 e. The maximum absolute atomic E-state index is 12.2. The van der Waals surface area contributed by atoms with Gasteiger partial charge in [0.2, 0.25) is 5.95 Å². The van der Waals surface area contributed by atoms with Crippen LogP contribution in [0.1, 0.15) is 15.9 Å². The molecule has 1 aromatic heterocycles. The molecule has 0 saturated heterocycles. The van der Waals surface area contributed by atoms with Crippen LogP contribution in [0, 0.1) is 0 Å². The first kappa shape index (κ1) is 13.3. The van der Waals surface area contributed by atoms with Crippen molar-refractivity contribution in [3.8, 4) is 0 Å². The number of carbonyl (C=O) groups excluding carboxylic acids is 1. The maximum atomic E-state index is 12.2. The predicted molar refractivity (Wildman–Crippen MR) is 88.5 cm³/mol. The number of benzene rings is 2. The van der Waals surface area contributed by atoms with Gasteiger partial charge in [-0.1, -0.05) is 36.4 Å². The van der Waals surface area contributed by atoms with Gasteiger partial charge in [-0.15, -0.1) is 0 Å². The fourth-order valence-electron chi connectivity index (χ4n) is 2.57. The van der Waals surface area contributed by atoms with Crippen LogP contribution in [0.4, 0.5) is 5.95 Å². The van der Waals surface area contributed by atoms with E-state index in [-0.39, 0.29) is 17.1 Å². The molecule has 2 aromatic carbocycles. The second-order valence-electron chi connectivity index (χ2n) is 5.11. The van der Waals surface area contributed by atoms with E-state index < -0.39 is 0 Å². The van der Waals surface area contributed by atoms with E-state index in [9.17, 15) is 9.90 Å². The van der Waals surface area contributed by atoms with E-state index in [1.54, 1.807) is 24.3 Å². The van der Waals surface area contributed by atoms with Crippen LogP contribution in [-0.2, 0) is 0 Å². The molecule has 0 fully saturated rings.